The summed E-state index contributed by atoms with van der Waals surface area (Å²) in [5.74, 6) is 0. The van der Waals surface area contributed by atoms with E-state index in [2.05, 4.69) is 56.4 Å². The monoisotopic (exact) mass is 367 g/mol. The third-order valence-electron chi connectivity index (χ3n) is 2.99. The molecule has 0 fully saturated rings. The molecule has 0 aliphatic heterocycles. The minimum Gasteiger partial charge on any atom is -0.333 e. The van der Waals surface area contributed by atoms with E-state index in [1.807, 2.05) is 6.07 Å². The molecule has 2 heterocycles. The molecule has 3 nitrogen and oxygen atoms in total. The summed E-state index contributed by atoms with van der Waals surface area (Å²) in [6.45, 7) is 2.67. The Bertz CT molecular complexity index is 735. The number of fused-ring (bicyclic) bond motifs is 1. The smallest absolute Gasteiger partial charge is 0.167 e. The molecule has 3 N–H and O–H groups in total. The lowest BCUT2D eigenvalue weighted by atomic mass is 10.2. The minimum absolute atomic E-state index is 0.230. The molecular formula is C14H14BrN3S2. The van der Waals surface area contributed by atoms with Crippen LogP contribution in [0.5, 0.6) is 0 Å². The van der Waals surface area contributed by atoms with Crippen LogP contribution in [0.2, 0.25) is 0 Å². The van der Waals surface area contributed by atoms with Gasteiger partial charge in [-0.05, 0) is 46.6 Å². The van der Waals surface area contributed by atoms with Gasteiger partial charge in [0.25, 0.3) is 0 Å². The highest BCUT2D eigenvalue weighted by atomic mass is 79.9. The van der Waals surface area contributed by atoms with Crippen LogP contribution in [0.15, 0.2) is 39.3 Å². The van der Waals surface area contributed by atoms with E-state index in [1.54, 1.807) is 23.1 Å². The third-order valence-corrected chi connectivity index (χ3v) is 6.09. The summed E-state index contributed by atoms with van der Waals surface area (Å²) in [4.78, 5) is 9.25. The van der Waals surface area contributed by atoms with Gasteiger partial charge in [0.1, 0.15) is 0 Å². The summed E-state index contributed by atoms with van der Waals surface area (Å²) in [6, 6.07) is 8.37. The van der Waals surface area contributed by atoms with E-state index in [1.165, 1.54) is 10.4 Å². The molecule has 3 aromatic rings. The minimum atomic E-state index is 0.230. The highest BCUT2D eigenvalue weighted by Crippen LogP contribution is 2.37. The van der Waals surface area contributed by atoms with E-state index in [4.69, 9.17) is 5.73 Å². The topological polar surface area (TPSA) is 54.7 Å². The van der Waals surface area contributed by atoms with E-state index in [0.29, 0.717) is 6.54 Å². The van der Waals surface area contributed by atoms with E-state index >= 15 is 0 Å². The van der Waals surface area contributed by atoms with Gasteiger partial charge in [-0.3, -0.25) is 0 Å². The molecule has 104 valence electrons. The van der Waals surface area contributed by atoms with Gasteiger partial charge < -0.3 is 10.7 Å². The number of aromatic amines is 1. The molecule has 0 spiro atoms. The van der Waals surface area contributed by atoms with Crippen LogP contribution in [0.3, 0.4) is 0 Å². The van der Waals surface area contributed by atoms with Gasteiger partial charge in [-0.2, -0.15) is 0 Å². The van der Waals surface area contributed by atoms with E-state index in [0.717, 1.165) is 20.7 Å². The Morgan fingerprint density at radius 3 is 3.00 bits per heavy atom. The Morgan fingerprint density at radius 1 is 1.45 bits per heavy atom. The molecule has 0 aliphatic rings. The summed E-state index contributed by atoms with van der Waals surface area (Å²) in [7, 11) is 0. The normalized spacial score (nSPS) is 12.9. The predicted molar refractivity (Wildman–Crippen MR) is 90.5 cm³/mol. The molecule has 1 aromatic carbocycles. The second-order valence-electron chi connectivity index (χ2n) is 4.57. The molecule has 0 bridgehead atoms. The number of rotatable bonds is 4. The molecular weight excluding hydrogens is 354 g/mol. The number of nitrogens with zero attached hydrogens (tertiary/aromatic N) is 1. The number of thiophene rings is 1. The average molecular weight is 368 g/mol. The van der Waals surface area contributed by atoms with Crippen molar-refractivity contribution >= 4 is 50.1 Å². The Hall–Kier alpha value is -0.820. The van der Waals surface area contributed by atoms with Gasteiger partial charge in [-0.15, -0.1) is 11.3 Å². The lowest BCUT2D eigenvalue weighted by molar-refractivity contribution is 0.945. The fraction of sp³-hybridized carbons (Fsp3) is 0.214. The largest absolute Gasteiger partial charge is 0.333 e. The van der Waals surface area contributed by atoms with E-state index in [9.17, 15) is 0 Å². The Morgan fingerprint density at radius 2 is 2.30 bits per heavy atom. The highest BCUT2D eigenvalue weighted by Gasteiger charge is 2.16. The predicted octanol–water partition coefficient (Wildman–Crippen LogP) is 4.49. The Kier molecular flexibility index (Phi) is 4.16. The van der Waals surface area contributed by atoms with Crippen molar-refractivity contribution < 1.29 is 0 Å². The molecule has 2 aromatic heterocycles. The van der Waals surface area contributed by atoms with E-state index < -0.39 is 0 Å². The fourth-order valence-electron chi connectivity index (χ4n) is 2.01. The number of thioether (sulfide) groups is 1. The fourth-order valence-corrected chi connectivity index (χ4v) is 4.63. The van der Waals surface area contributed by atoms with Crippen molar-refractivity contribution in [3.8, 4) is 0 Å². The average Bonchev–Trinajstić information content (AvgIpc) is 3.01. The van der Waals surface area contributed by atoms with Crippen molar-refractivity contribution in [1.29, 1.82) is 0 Å². The number of hydrogen-bond donors (Lipinski definition) is 2. The third kappa shape index (κ3) is 2.93. The zero-order chi connectivity index (χ0) is 14.1. The number of aromatic nitrogens is 2. The summed E-state index contributed by atoms with van der Waals surface area (Å²) in [5, 5.41) is 3.24. The van der Waals surface area contributed by atoms with Gasteiger partial charge in [0.05, 0.1) is 16.3 Å². The number of H-pyrrole nitrogens is 1. The molecule has 0 amide bonds. The number of aryl methyl sites for hydroxylation is 1. The van der Waals surface area contributed by atoms with Crippen LogP contribution in [0.4, 0.5) is 0 Å². The van der Waals surface area contributed by atoms with Crippen LogP contribution in [-0.4, -0.2) is 16.5 Å². The van der Waals surface area contributed by atoms with Gasteiger partial charge in [0.15, 0.2) is 5.16 Å². The van der Waals surface area contributed by atoms with E-state index in [-0.39, 0.29) is 5.25 Å². The standard InChI is InChI=1S/C14H14BrN3S2/c1-8-2-3-10-11(4-8)18-14(17-10)20-13(6-16)12-5-9(15)7-19-12/h2-5,7,13H,6,16H2,1H3,(H,17,18). The van der Waals surface area contributed by atoms with Crippen molar-refractivity contribution in [2.24, 2.45) is 5.73 Å². The van der Waals surface area contributed by atoms with Crippen molar-refractivity contribution in [2.75, 3.05) is 6.54 Å². The number of nitrogens with two attached hydrogens (primary N) is 1. The molecule has 0 saturated heterocycles. The number of imidazole rings is 1. The number of hydrogen-bond acceptors (Lipinski definition) is 4. The van der Waals surface area contributed by atoms with Gasteiger partial charge in [0, 0.05) is 21.3 Å². The first kappa shape index (κ1) is 14.1. The second kappa shape index (κ2) is 5.89. The van der Waals surface area contributed by atoms with Crippen LogP contribution in [-0.2, 0) is 0 Å². The lowest BCUT2D eigenvalue weighted by Crippen LogP contribution is -2.08. The van der Waals surface area contributed by atoms with Gasteiger partial charge in [0.2, 0.25) is 0 Å². The summed E-state index contributed by atoms with van der Waals surface area (Å²) >= 11 is 6.89. The molecule has 3 rings (SSSR count). The maximum Gasteiger partial charge on any atom is 0.167 e. The second-order valence-corrected chi connectivity index (χ2v) is 7.62. The van der Waals surface area contributed by atoms with Crippen LogP contribution >= 0.6 is 39.0 Å². The zero-order valence-electron chi connectivity index (χ0n) is 10.9. The summed E-state index contributed by atoms with van der Waals surface area (Å²) in [6.07, 6.45) is 0. The van der Waals surface area contributed by atoms with Crippen molar-refractivity contribution in [3.63, 3.8) is 0 Å². The molecule has 20 heavy (non-hydrogen) atoms. The van der Waals surface area contributed by atoms with Gasteiger partial charge >= 0.3 is 0 Å². The Labute approximate surface area is 134 Å². The molecule has 1 atom stereocenters. The maximum absolute atomic E-state index is 5.91. The Balaban J connectivity index is 1.87. The first-order chi connectivity index (χ1) is 9.65. The summed E-state index contributed by atoms with van der Waals surface area (Å²) in [5.41, 5.74) is 9.22. The quantitative estimate of drug-likeness (QED) is 0.668. The molecule has 0 aliphatic carbocycles. The maximum atomic E-state index is 5.91. The van der Waals surface area contributed by atoms with Crippen molar-refractivity contribution in [1.82, 2.24) is 9.97 Å². The molecule has 0 saturated carbocycles. The number of nitrogens with one attached hydrogen (secondary N) is 1. The molecule has 1 unspecified atom stereocenters. The van der Waals surface area contributed by atoms with Crippen LogP contribution in [0.25, 0.3) is 11.0 Å². The highest BCUT2D eigenvalue weighted by molar-refractivity contribution is 9.10. The van der Waals surface area contributed by atoms with Crippen molar-refractivity contribution in [3.05, 3.63) is 44.6 Å². The molecule has 0 radical (unpaired) electrons. The zero-order valence-corrected chi connectivity index (χ0v) is 14.1. The van der Waals surface area contributed by atoms with Crippen LogP contribution in [0.1, 0.15) is 15.7 Å². The van der Waals surface area contributed by atoms with Crippen molar-refractivity contribution in [2.45, 2.75) is 17.3 Å². The van der Waals surface area contributed by atoms with Gasteiger partial charge in [-0.25, -0.2) is 4.98 Å². The first-order valence-electron chi connectivity index (χ1n) is 6.23. The first-order valence-corrected chi connectivity index (χ1v) is 8.78. The van der Waals surface area contributed by atoms with Gasteiger partial charge in [-0.1, -0.05) is 17.8 Å². The number of halogens is 1. The molecule has 6 heteroatoms. The SMILES string of the molecule is Cc1ccc2nc(SC(CN)c3cc(Br)cs3)[nH]c2c1. The lowest BCUT2D eigenvalue weighted by Gasteiger charge is -2.09. The summed E-state index contributed by atoms with van der Waals surface area (Å²) < 4.78 is 1.11. The van der Waals surface area contributed by atoms with Crippen LogP contribution in [0, 0.1) is 6.92 Å². The number of benzene rings is 1. The van der Waals surface area contributed by atoms with Crippen LogP contribution < -0.4 is 5.73 Å².